The average Bonchev–Trinajstić information content (AvgIpc) is 3.01. The minimum absolute atomic E-state index is 0.129. The number of nitrogens with zero attached hydrogens (tertiary/aromatic N) is 3. The quantitative estimate of drug-likeness (QED) is 0.113. The van der Waals surface area contributed by atoms with E-state index >= 15 is 0 Å². The van der Waals surface area contributed by atoms with Crippen LogP contribution in [0.1, 0.15) is 45.4 Å². The molecule has 1 saturated heterocycles. The molecule has 0 radical (unpaired) electrons. The van der Waals surface area contributed by atoms with Gasteiger partial charge in [-0.25, -0.2) is 0 Å². The average molecular weight is 720 g/mol. The number of nitrogens with one attached hydrogen (secondary N) is 2. The lowest BCUT2D eigenvalue weighted by atomic mass is 10.0. The maximum Gasteiger partial charge on any atom is 0.339 e. The minimum atomic E-state index is -4.22. The van der Waals surface area contributed by atoms with Crippen LogP contribution in [0.25, 0.3) is 0 Å². The normalized spacial score (nSPS) is 16.2. The van der Waals surface area contributed by atoms with Gasteiger partial charge in [0.25, 0.3) is 0 Å². The number of aromatic hydroxyl groups is 2. The van der Waals surface area contributed by atoms with Crippen molar-refractivity contribution in [3.8, 4) is 11.5 Å². The topological polar surface area (TPSA) is 189 Å². The number of aryl methyl sites for hydroxylation is 2. The Balaban J connectivity index is 1.51. The molecule has 0 bridgehead atoms. The molecule has 0 aromatic heterocycles. The maximum absolute atomic E-state index is 11.3. The van der Waals surface area contributed by atoms with Crippen molar-refractivity contribution in [2.75, 3.05) is 51.8 Å². The minimum Gasteiger partial charge on any atom is -0.507 e. The van der Waals surface area contributed by atoms with E-state index in [-0.39, 0.29) is 24.6 Å². The highest BCUT2D eigenvalue weighted by Gasteiger charge is 2.21. The zero-order chi connectivity index (χ0) is 35.6. The molecule has 0 amide bonds. The molecule has 0 saturated carbocycles. The molecule has 1 aliphatic heterocycles. The SMILES string of the molecule is Cc1cc(CNCP(=O)(O)O)c(O)c(CN2CCCN(Cc3cc(C)cc(CNCP(=O)(O)O)c3O)CCN(Cc3ccccc3)CC2)c1. The van der Waals surface area contributed by atoms with Crippen molar-refractivity contribution in [1.29, 1.82) is 0 Å². The zero-order valence-corrected chi connectivity index (χ0v) is 30.1. The van der Waals surface area contributed by atoms with Crippen LogP contribution >= 0.6 is 15.2 Å². The summed E-state index contributed by atoms with van der Waals surface area (Å²) in [5, 5.41) is 27.8. The van der Waals surface area contributed by atoms with Gasteiger partial charge in [0, 0.05) is 81.2 Å². The van der Waals surface area contributed by atoms with E-state index in [0.717, 1.165) is 74.5 Å². The van der Waals surface area contributed by atoms with Crippen molar-refractivity contribution < 1.29 is 38.9 Å². The Morgan fingerprint density at radius 2 is 0.980 bits per heavy atom. The Bertz CT molecular complexity index is 1520. The predicted molar refractivity (Wildman–Crippen MR) is 190 cm³/mol. The van der Waals surface area contributed by atoms with Gasteiger partial charge in [-0.1, -0.05) is 65.7 Å². The van der Waals surface area contributed by atoms with Crippen LogP contribution in [0.2, 0.25) is 0 Å². The van der Waals surface area contributed by atoms with Gasteiger partial charge in [0.2, 0.25) is 0 Å². The van der Waals surface area contributed by atoms with Crippen molar-refractivity contribution >= 4 is 15.2 Å². The molecule has 13 nitrogen and oxygen atoms in total. The first-order chi connectivity index (χ1) is 23.1. The first-order valence-corrected chi connectivity index (χ1v) is 20.1. The van der Waals surface area contributed by atoms with Crippen LogP contribution in [-0.4, -0.2) is 96.3 Å². The van der Waals surface area contributed by atoms with Crippen LogP contribution in [0, 0.1) is 13.8 Å². The molecular formula is C34H51N5O8P2. The molecule has 0 aliphatic carbocycles. The molecule has 0 unspecified atom stereocenters. The van der Waals surface area contributed by atoms with Crippen LogP contribution in [0.5, 0.6) is 11.5 Å². The van der Waals surface area contributed by atoms with Crippen LogP contribution in [0.3, 0.4) is 0 Å². The Morgan fingerprint density at radius 3 is 1.39 bits per heavy atom. The molecule has 1 aliphatic rings. The summed E-state index contributed by atoms with van der Waals surface area (Å²) in [5.74, 6) is 0.259. The number of benzene rings is 3. The highest BCUT2D eigenvalue weighted by Crippen LogP contribution is 2.34. The van der Waals surface area contributed by atoms with E-state index in [9.17, 15) is 38.9 Å². The van der Waals surface area contributed by atoms with Crippen LogP contribution in [-0.2, 0) is 41.9 Å². The van der Waals surface area contributed by atoms with Gasteiger partial charge in [0.15, 0.2) is 0 Å². The van der Waals surface area contributed by atoms with Crippen molar-refractivity contribution in [3.05, 3.63) is 93.5 Å². The third-order valence-corrected chi connectivity index (χ3v) is 9.81. The first kappa shape index (κ1) is 39.2. The molecule has 4 rings (SSSR count). The Kier molecular flexibility index (Phi) is 14.4. The second-order valence-corrected chi connectivity index (χ2v) is 16.3. The van der Waals surface area contributed by atoms with E-state index in [1.165, 1.54) is 5.56 Å². The molecule has 3 aromatic carbocycles. The molecular weight excluding hydrogens is 668 g/mol. The van der Waals surface area contributed by atoms with Crippen molar-refractivity contribution in [2.45, 2.75) is 53.0 Å². The van der Waals surface area contributed by atoms with E-state index in [0.29, 0.717) is 24.2 Å². The largest absolute Gasteiger partial charge is 0.507 e. The van der Waals surface area contributed by atoms with E-state index < -0.39 is 27.8 Å². The van der Waals surface area contributed by atoms with Gasteiger partial charge in [-0.05, 0) is 38.9 Å². The van der Waals surface area contributed by atoms with Crippen molar-refractivity contribution in [2.24, 2.45) is 0 Å². The summed E-state index contributed by atoms with van der Waals surface area (Å²) in [6, 6.07) is 17.9. The van der Waals surface area contributed by atoms with E-state index in [4.69, 9.17) is 0 Å². The van der Waals surface area contributed by atoms with Gasteiger partial charge in [-0.15, -0.1) is 0 Å². The van der Waals surface area contributed by atoms with Gasteiger partial charge >= 0.3 is 15.2 Å². The summed E-state index contributed by atoms with van der Waals surface area (Å²) in [5.41, 5.74) is 5.83. The van der Waals surface area contributed by atoms with Gasteiger partial charge in [-0.3, -0.25) is 23.8 Å². The molecule has 1 heterocycles. The summed E-state index contributed by atoms with van der Waals surface area (Å²) >= 11 is 0. The number of rotatable bonds is 14. The fourth-order valence-electron chi connectivity index (χ4n) is 6.27. The molecule has 3 aromatic rings. The van der Waals surface area contributed by atoms with Crippen molar-refractivity contribution in [3.63, 3.8) is 0 Å². The lowest BCUT2D eigenvalue weighted by Crippen LogP contribution is -2.42. The van der Waals surface area contributed by atoms with E-state index in [1.807, 2.05) is 56.3 Å². The van der Waals surface area contributed by atoms with Gasteiger partial charge in [-0.2, -0.15) is 0 Å². The van der Waals surface area contributed by atoms with Gasteiger partial charge in [0.05, 0.1) is 12.6 Å². The molecule has 270 valence electrons. The number of hydrogen-bond acceptors (Lipinski definition) is 9. The molecule has 8 N–H and O–H groups in total. The van der Waals surface area contributed by atoms with Crippen molar-refractivity contribution in [1.82, 2.24) is 25.3 Å². The Hall–Kier alpha value is -2.64. The first-order valence-electron chi connectivity index (χ1n) is 16.5. The lowest BCUT2D eigenvalue weighted by Gasteiger charge is -2.33. The fourth-order valence-corrected chi connectivity index (χ4v) is 7.07. The smallest absolute Gasteiger partial charge is 0.339 e. The summed E-state index contributed by atoms with van der Waals surface area (Å²) in [6.07, 6.45) is -0.0827. The maximum atomic E-state index is 11.3. The standard InChI is InChI=1S/C34H51N5O8P2/c1-26-15-29(19-35-24-48(42,43)44)33(40)31(17-26)22-37-9-6-10-38(12-14-39(13-11-37)21-28-7-4-3-5-8-28)23-32-18-27(2)16-30(34(32)41)20-36-25-49(45,46)47/h3-5,7-8,15-18,35-36,40-41H,6,9-14,19-25H2,1-2H3,(H2,42,43,44)(H2,45,46,47). The fraction of sp³-hybridized carbons (Fsp3) is 0.471. The number of hydrogen-bond donors (Lipinski definition) is 8. The molecule has 49 heavy (non-hydrogen) atoms. The molecule has 0 atom stereocenters. The predicted octanol–water partition coefficient (Wildman–Crippen LogP) is 3.37. The Morgan fingerprint density at radius 1 is 0.592 bits per heavy atom. The zero-order valence-electron chi connectivity index (χ0n) is 28.3. The summed E-state index contributed by atoms with van der Waals surface area (Å²) in [6.45, 7) is 10.7. The second kappa shape index (κ2) is 18.0. The van der Waals surface area contributed by atoms with Crippen LogP contribution in [0.15, 0.2) is 54.6 Å². The van der Waals surface area contributed by atoms with E-state index in [1.54, 1.807) is 0 Å². The highest BCUT2D eigenvalue weighted by atomic mass is 31.2. The summed E-state index contributed by atoms with van der Waals surface area (Å²) in [7, 11) is -8.43. The molecule has 1 fully saturated rings. The highest BCUT2D eigenvalue weighted by molar-refractivity contribution is 7.51. The van der Waals surface area contributed by atoms with Crippen LogP contribution < -0.4 is 10.6 Å². The monoisotopic (exact) mass is 719 g/mol. The number of phenols is 2. The summed E-state index contributed by atoms with van der Waals surface area (Å²) < 4.78 is 22.6. The lowest BCUT2D eigenvalue weighted by molar-refractivity contribution is 0.138. The van der Waals surface area contributed by atoms with E-state index in [2.05, 4.69) is 37.5 Å². The third-order valence-electron chi connectivity index (χ3n) is 8.54. The summed E-state index contributed by atoms with van der Waals surface area (Å²) in [4.78, 5) is 44.0. The third kappa shape index (κ3) is 13.5. The second-order valence-electron chi connectivity index (χ2n) is 13.0. The molecule has 0 spiro atoms. The van der Waals surface area contributed by atoms with Gasteiger partial charge in [0.1, 0.15) is 11.5 Å². The Labute approximate surface area is 288 Å². The van der Waals surface area contributed by atoms with Crippen LogP contribution in [0.4, 0.5) is 0 Å². The molecule has 15 heteroatoms. The number of phenolic OH excluding ortho intramolecular Hbond substituents is 2. The van der Waals surface area contributed by atoms with Gasteiger partial charge < -0.3 is 40.4 Å².